The second-order valence-electron chi connectivity index (χ2n) is 16.0. The Labute approximate surface area is 317 Å². The van der Waals surface area contributed by atoms with Gasteiger partial charge in [0.25, 0.3) is 0 Å². The molecule has 12 heteroatoms. The standard InChI is InChI=1S/C40H67N5O6S/c1-24(2)20-31(33(46)22-27(7)36(47)35(41)34(26(5)6)39(50)42-23-29-16-14-13-15-17-29)45-37(48)30(18-19-52-12)44-38(49)32(21-25(3)4)43-28(8)51-40(9,10)11/h13-17,24-27,30-34,41,43,46H,8,18-23H2,1-7,9-12H3,(H,42,50)(H,44,49)(H,45,48)/t27-,30+,31+,32+,33-,34-/m1/s1. The molecule has 0 saturated heterocycles. The van der Waals surface area contributed by atoms with Gasteiger partial charge < -0.3 is 36.5 Å². The molecule has 11 nitrogen and oxygen atoms in total. The number of thioether (sulfide) groups is 1. The maximum absolute atomic E-state index is 13.8. The van der Waals surface area contributed by atoms with Gasteiger partial charge in [-0.2, -0.15) is 11.8 Å². The zero-order valence-electron chi connectivity index (χ0n) is 33.4. The van der Waals surface area contributed by atoms with Crippen molar-refractivity contribution in [3.63, 3.8) is 0 Å². The molecule has 0 aliphatic rings. The Balaban J connectivity index is 3.10. The van der Waals surface area contributed by atoms with Crippen LogP contribution >= 0.6 is 11.8 Å². The molecule has 1 aromatic rings. The van der Waals surface area contributed by atoms with Crippen molar-refractivity contribution >= 4 is 41.0 Å². The summed E-state index contributed by atoms with van der Waals surface area (Å²) in [7, 11) is 0. The van der Waals surface area contributed by atoms with Crippen LogP contribution in [0.3, 0.4) is 0 Å². The third-order valence-electron chi connectivity index (χ3n) is 8.43. The number of carbonyl (C=O) groups excluding carboxylic acids is 4. The van der Waals surface area contributed by atoms with E-state index in [0.717, 1.165) is 5.56 Å². The monoisotopic (exact) mass is 745 g/mol. The Morgan fingerprint density at radius 1 is 0.846 bits per heavy atom. The highest BCUT2D eigenvalue weighted by atomic mass is 32.2. The van der Waals surface area contributed by atoms with Crippen molar-refractivity contribution in [1.29, 1.82) is 5.41 Å². The molecule has 0 radical (unpaired) electrons. The molecular weight excluding hydrogens is 679 g/mol. The van der Waals surface area contributed by atoms with E-state index < -0.39 is 59.3 Å². The van der Waals surface area contributed by atoms with E-state index >= 15 is 0 Å². The van der Waals surface area contributed by atoms with Crippen molar-refractivity contribution in [2.45, 2.75) is 131 Å². The number of aliphatic hydroxyl groups is 1. The van der Waals surface area contributed by atoms with Crippen LogP contribution in [-0.2, 0) is 30.5 Å². The van der Waals surface area contributed by atoms with Gasteiger partial charge in [0.05, 0.1) is 23.8 Å². The topological polar surface area (TPSA) is 170 Å². The number of amides is 3. The first kappa shape index (κ1) is 46.6. The van der Waals surface area contributed by atoms with E-state index in [0.29, 0.717) is 25.0 Å². The molecule has 6 N–H and O–H groups in total. The molecule has 0 spiro atoms. The Morgan fingerprint density at radius 2 is 1.42 bits per heavy atom. The summed E-state index contributed by atoms with van der Waals surface area (Å²) in [5.41, 5.74) is 0.0977. The first-order chi connectivity index (χ1) is 24.2. The lowest BCUT2D eigenvalue weighted by atomic mass is 9.82. The molecule has 0 fully saturated rings. The molecule has 1 aromatic carbocycles. The van der Waals surface area contributed by atoms with Gasteiger partial charge in [0.15, 0.2) is 11.7 Å². The highest BCUT2D eigenvalue weighted by Crippen LogP contribution is 2.21. The maximum Gasteiger partial charge on any atom is 0.243 e. The number of carbonyl (C=O) groups is 4. The van der Waals surface area contributed by atoms with E-state index in [9.17, 15) is 24.3 Å². The zero-order valence-corrected chi connectivity index (χ0v) is 34.2. The number of ketones is 1. The van der Waals surface area contributed by atoms with Crippen LogP contribution in [0.15, 0.2) is 42.8 Å². The summed E-state index contributed by atoms with van der Waals surface area (Å²) in [6, 6.07) is 7.13. The lowest BCUT2D eigenvalue weighted by Gasteiger charge is -2.31. The first-order valence-electron chi connectivity index (χ1n) is 18.5. The fraction of sp³-hybridized carbons (Fsp3) is 0.675. The molecule has 3 amide bonds. The second kappa shape index (κ2) is 22.6. The van der Waals surface area contributed by atoms with Crippen molar-refractivity contribution in [3.8, 4) is 0 Å². The molecular formula is C40H67N5O6S. The Hall–Kier alpha value is -3.38. The number of nitrogens with one attached hydrogen (secondary N) is 5. The summed E-state index contributed by atoms with van der Waals surface area (Å²) in [4.78, 5) is 54.1. The zero-order chi connectivity index (χ0) is 39.8. The average molecular weight is 746 g/mol. The smallest absolute Gasteiger partial charge is 0.243 e. The third kappa shape index (κ3) is 17.4. The number of aliphatic hydroxyl groups excluding tert-OH is 1. The van der Waals surface area contributed by atoms with Gasteiger partial charge in [-0.3, -0.25) is 19.2 Å². The van der Waals surface area contributed by atoms with E-state index in [-0.39, 0.29) is 48.2 Å². The molecule has 0 bridgehead atoms. The molecule has 1 rings (SSSR count). The lowest BCUT2D eigenvalue weighted by Crippen LogP contribution is -2.56. The summed E-state index contributed by atoms with van der Waals surface area (Å²) < 4.78 is 5.81. The maximum atomic E-state index is 13.8. The quantitative estimate of drug-likeness (QED) is 0.0586. The molecule has 0 aliphatic heterocycles. The highest BCUT2D eigenvalue weighted by molar-refractivity contribution is 7.98. The number of Topliss-reactive ketones (excluding diaryl/α,β-unsaturated/α-hetero) is 1. The largest absolute Gasteiger partial charge is 0.474 e. The number of ether oxygens (including phenoxy) is 1. The van der Waals surface area contributed by atoms with Crippen molar-refractivity contribution in [1.82, 2.24) is 21.3 Å². The number of hydrogen-bond donors (Lipinski definition) is 6. The minimum absolute atomic E-state index is 0.0204. The van der Waals surface area contributed by atoms with Gasteiger partial charge in [0.2, 0.25) is 17.7 Å². The summed E-state index contributed by atoms with van der Waals surface area (Å²) >= 11 is 1.55. The predicted molar refractivity (Wildman–Crippen MR) is 212 cm³/mol. The minimum atomic E-state index is -1.12. The van der Waals surface area contributed by atoms with Gasteiger partial charge >= 0.3 is 0 Å². The number of hydrogen-bond acceptors (Lipinski definition) is 9. The van der Waals surface area contributed by atoms with Crippen LogP contribution in [0.2, 0.25) is 0 Å². The molecule has 52 heavy (non-hydrogen) atoms. The van der Waals surface area contributed by atoms with Crippen molar-refractivity contribution in [2.75, 3.05) is 12.0 Å². The van der Waals surface area contributed by atoms with Crippen LogP contribution in [0.5, 0.6) is 0 Å². The van der Waals surface area contributed by atoms with Gasteiger partial charge in [0.1, 0.15) is 17.7 Å². The fourth-order valence-electron chi connectivity index (χ4n) is 5.89. The Kier molecular flexibility index (Phi) is 20.3. The van der Waals surface area contributed by atoms with Crippen molar-refractivity contribution < 1.29 is 29.0 Å². The van der Waals surface area contributed by atoms with Crippen LogP contribution in [0.25, 0.3) is 0 Å². The normalized spacial score (nSPS) is 15.2. The predicted octanol–water partition coefficient (Wildman–Crippen LogP) is 5.61. The molecule has 0 heterocycles. The van der Waals surface area contributed by atoms with E-state index in [4.69, 9.17) is 10.1 Å². The van der Waals surface area contributed by atoms with Crippen LogP contribution in [0.1, 0.15) is 100 Å². The SMILES string of the molecule is C=C(N[C@@H](CC(C)C)C(=O)N[C@@H](CCSC)C(=O)N[C@@H](CC(C)C)[C@H](O)C[C@@H](C)C(=O)C(=N)[C@H](C(=O)NCc1ccccc1)C(C)C)OC(C)(C)C. The van der Waals surface area contributed by atoms with Crippen molar-refractivity contribution in [3.05, 3.63) is 48.4 Å². The molecule has 0 aliphatic carbocycles. The van der Waals surface area contributed by atoms with E-state index in [1.165, 1.54) is 0 Å². The second-order valence-corrected chi connectivity index (χ2v) is 16.9. The van der Waals surface area contributed by atoms with Crippen LogP contribution in [-0.4, -0.2) is 76.2 Å². The average Bonchev–Trinajstić information content (AvgIpc) is 3.03. The molecule has 0 aromatic heterocycles. The highest BCUT2D eigenvalue weighted by Gasteiger charge is 2.36. The minimum Gasteiger partial charge on any atom is -0.474 e. The summed E-state index contributed by atoms with van der Waals surface area (Å²) in [5, 5.41) is 32.0. The van der Waals surface area contributed by atoms with E-state index in [1.807, 2.05) is 85.1 Å². The molecule has 0 unspecified atom stereocenters. The molecule has 294 valence electrons. The van der Waals surface area contributed by atoms with Gasteiger partial charge in [0, 0.05) is 12.5 Å². The van der Waals surface area contributed by atoms with E-state index in [2.05, 4.69) is 27.8 Å². The summed E-state index contributed by atoms with van der Waals surface area (Å²) in [5.74, 6) is -2.60. The summed E-state index contributed by atoms with van der Waals surface area (Å²) in [6.45, 7) is 23.0. The summed E-state index contributed by atoms with van der Waals surface area (Å²) in [6.07, 6.45) is 2.06. The lowest BCUT2D eigenvalue weighted by molar-refractivity contribution is -0.131. The Morgan fingerprint density at radius 3 is 1.94 bits per heavy atom. The van der Waals surface area contributed by atoms with E-state index in [1.54, 1.807) is 32.5 Å². The van der Waals surface area contributed by atoms with Gasteiger partial charge in [-0.05, 0) is 88.4 Å². The van der Waals surface area contributed by atoms with Crippen molar-refractivity contribution in [2.24, 2.45) is 29.6 Å². The third-order valence-corrected chi connectivity index (χ3v) is 9.07. The van der Waals surface area contributed by atoms with Gasteiger partial charge in [-0.25, -0.2) is 0 Å². The van der Waals surface area contributed by atoms with Gasteiger partial charge in [-0.15, -0.1) is 0 Å². The van der Waals surface area contributed by atoms with Crippen LogP contribution in [0, 0.1) is 35.0 Å². The van der Waals surface area contributed by atoms with Gasteiger partial charge in [-0.1, -0.05) is 78.8 Å². The Bertz CT molecular complexity index is 1310. The number of benzene rings is 1. The number of rotatable bonds is 24. The fourth-order valence-corrected chi connectivity index (χ4v) is 6.36. The van der Waals surface area contributed by atoms with Crippen LogP contribution < -0.4 is 21.3 Å². The first-order valence-corrected chi connectivity index (χ1v) is 19.9. The van der Waals surface area contributed by atoms with Crippen LogP contribution in [0.4, 0.5) is 0 Å². The molecule has 0 saturated carbocycles. The molecule has 6 atom stereocenters.